The first kappa shape index (κ1) is 32.4. The molecule has 39 heavy (non-hydrogen) atoms. The first-order valence-electron chi connectivity index (χ1n) is 14.2. The van der Waals surface area contributed by atoms with Crippen LogP contribution in [0.1, 0.15) is 106 Å². The van der Waals surface area contributed by atoms with E-state index >= 15 is 0 Å². The molecular formula is C28H50N6O5. The summed E-state index contributed by atoms with van der Waals surface area (Å²) in [7, 11) is 0. The van der Waals surface area contributed by atoms with Crippen molar-refractivity contribution in [2.24, 2.45) is 5.92 Å². The second-order valence-corrected chi connectivity index (χ2v) is 12.9. The fraction of sp³-hybridized carbons (Fsp3) is 0.821. The molecule has 1 aromatic heterocycles. The van der Waals surface area contributed by atoms with E-state index in [1.165, 1.54) is 0 Å². The highest BCUT2D eigenvalue weighted by atomic mass is 16.6. The lowest BCUT2D eigenvalue weighted by Gasteiger charge is -2.37. The SMILES string of the molecule is CC(C)C[C@H](C)c1cn([C@@H](CCCCNC(=O)OC(C)(C)C)C(=O)N2CCN(C(=O)OC(C)(C)C)CC2)nn1. The number of rotatable bonds is 10. The summed E-state index contributed by atoms with van der Waals surface area (Å²) >= 11 is 0. The molecule has 2 heterocycles. The van der Waals surface area contributed by atoms with Crippen LogP contribution in [0.2, 0.25) is 0 Å². The monoisotopic (exact) mass is 550 g/mol. The first-order valence-corrected chi connectivity index (χ1v) is 14.2. The van der Waals surface area contributed by atoms with E-state index < -0.39 is 23.3 Å². The van der Waals surface area contributed by atoms with Crippen molar-refractivity contribution in [2.45, 2.75) is 111 Å². The van der Waals surface area contributed by atoms with Crippen LogP contribution in [0.25, 0.3) is 0 Å². The van der Waals surface area contributed by atoms with Crippen LogP contribution in [0.5, 0.6) is 0 Å². The van der Waals surface area contributed by atoms with Crippen LogP contribution in [-0.2, 0) is 14.3 Å². The molecule has 0 aliphatic carbocycles. The van der Waals surface area contributed by atoms with Gasteiger partial charge in [0.05, 0.1) is 5.69 Å². The highest BCUT2D eigenvalue weighted by Crippen LogP contribution is 2.24. The van der Waals surface area contributed by atoms with Gasteiger partial charge in [-0.05, 0) is 73.1 Å². The van der Waals surface area contributed by atoms with Crippen LogP contribution in [0.4, 0.5) is 9.59 Å². The third-order valence-corrected chi connectivity index (χ3v) is 6.28. The molecule has 1 aliphatic rings. The van der Waals surface area contributed by atoms with Gasteiger partial charge in [0.1, 0.15) is 17.2 Å². The van der Waals surface area contributed by atoms with E-state index in [0.29, 0.717) is 57.9 Å². The average Bonchev–Trinajstić information content (AvgIpc) is 3.28. The highest BCUT2D eigenvalue weighted by Gasteiger charge is 2.32. The second kappa shape index (κ2) is 14.0. The Kier molecular flexibility index (Phi) is 11.6. The van der Waals surface area contributed by atoms with Crippen molar-refractivity contribution >= 4 is 18.1 Å². The van der Waals surface area contributed by atoms with Crippen molar-refractivity contribution < 1.29 is 23.9 Å². The van der Waals surface area contributed by atoms with Crippen LogP contribution in [0.3, 0.4) is 0 Å². The van der Waals surface area contributed by atoms with Gasteiger partial charge in [0.2, 0.25) is 5.91 Å². The zero-order valence-corrected chi connectivity index (χ0v) is 25.5. The quantitative estimate of drug-likeness (QED) is 0.418. The Morgan fingerprint density at radius 2 is 1.51 bits per heavy atom. The third-order valence-electron chi connectivity index (χ3n) is 6.28. The van der Waals surface area contributed by atoms with Crippen molar-refractivity contribution in [1.29, 1.82) is 0 Å². The smallest absolute Gasteiger partial charge is 0.410 e. The minimum absolute atomic E-state index is 0.0353. The average molecular weight is 551 g/mol. The molecule has 1 aliphatic heterocycles. The number of nitrogens with zero attached hydrogens (tertiary/aromatic N) is 5. The predicted octanol–water partition coefficient (Wildman–Crippen LogP) is 4.74. The number of ether oxygens (including phenoxy) is 2. The number of piperazine rings is 1. The lowest BCUT2D eigenvalue weighted by Crippen LogP contribution is -2.53. The number of carbonyl (C=O) groups is 3. The number of alkyl carbamates (subject to hydrolysis) is 1. The topological polar surface area (TPSA) is 119 Å². The minimum Gasteiger partial charge on any atom is -0.444 e. The molecule has 0 unspecified atom stereocenters. The molecule has 11 nitrogen and oxygen atoms in total. The number of hydrogen-bond donors (Lipinski definition) is 1. The van der Waals surface area contributed by atoms with Gasteiger partial charge in [-0.15, -0.1) is 5.10 Å². The van der Waals surface area contributed by atoms with Gasteiger partial charge in [-0.1, -0.05) is 26.0 Å². The number of amides is 3. The summed E-state index contributed by atoms with van der Waals surface area (Å²) < 4.78 is 12.5. The molecule has 1 aromatic rings. The van der Waals surface area contributed by atoms with E-state index in [1.807, 2.05) is 47.7 Å². The number of unbranched alkanes of at least 4 members (excludes halogenated alkanes) is 1. The van der Waals surface area contributed by atoms with Crippen LogP contribution in [0.15, 0.2) is 6.20 Å². The second-order valence-electron chi connectivity index (χ2n) is 12.9. The molecule has 1 fully saturated rings. The summed E-state index contributed by atoms with van der Waals surface area (Å²) in [6.07, 6.45) is 4.04. The summed E-state index contributed by atoms with van der Waals surface area (Å²) in [5.74, 6) is 0.734. The fourth-order valence-electron chi connectivity index (χ4n) is 4.48. The van der Waals surface area contributed by atoms with Crippen LogP contribution in [0, 0.1) is 5.92 Å². The zero-order valence-electron chi connectivity index (χ0n) is 25.5. The van der Waals surface area contributed by atoms with Crippen molar-refractivity contribution in [3.05, 3.63) is 11.9 Å². The Labute approximate surface area is 233 Å². The van der Waals surface area contributed by atoms with E-state index in [0.717, 1.165) is 12.1 Å². The van der Waals surface area contributed by atoms with E-state index in [-0.39, 0.29) is 17.9 Å². The minimum atomic E-state index is -0.565. The number of carbonyl (C=O) groups excluding carboxylic acids is 3. The van der Waals surface area contributed by atoms with Gasteiger partial charge in [0, 0.05) is 44.8 Å². The summed E-state index contributed by atoms with van der Waals surface area (Å²) in [6, 6.07) is -0.507. The molecule has 0 aromatic carbocycles. The van der Waals surface area contributed by atoms with E-state index in [9.17, 15) is 14.4 Å². The van der Waals surface area contributed by atoms with Crippen LogP contribution in [-0.4, -0.2) is 86.8 Å². The maximum atomic E-state index is 13.7. The standard InChI is InChI=1S/C28H50N6O5/c1-20(2)18-21(3)22-19-34(31-30-22)23(12-10-11-13-29-25(36)38-27(4,5)6)24(35)32-14-16-33(17-15-32)26(37)39-28(7,8)9/h19-21,23H,10-18H2,1-9H3,(H,29,36)/t21-,23-/m0/s1. The van der Waals surface area contributed by atoms with Gasteiger partial charge < -0.3 is 24.6 Å². The highest BCUT2D eigenvalue weighted by molar-refractivity contribution is 5.80. The third kappa shape index (κ3) is 11.4. The van der Waals surface area contributed by atoms with Gasteiger partial charge in [-0.25, -0.2) is 14.3 Å². The van der Waals surface area contributed by atoms with Crippen LogP contribution >= 0.6 is 0 Å². The summed E-state index contributed by atoms with van der Waals surface area (Å²) in [5.41, 5.74) is -0.236. The largest absolute Gasteiger partial charge is 0.444 e. The number of nitrogens with one attached hydrogen (secondary N) is 1. The molecule has 2 rings (SSSR count). The van der Waals surface area contributed by atoms with Crippen molar-refractivity contribution in [3.63, 3.8) is 0 Å². The van der Waals surface area contributed by atoms with Crippen molar-refractivity contribution in [1.82, 2.24) is 30.1 Å². The Hall–Kier alpha value is -2.85. The first-order chi connectivity index (χ1) is 18.1. The number of hydrogen-bond acceptors (Lipinski definition) is 7. The number of aromatic nitrogens is 3. The van der Waals surface area contributed by atoms with E-state index in [4.69, 9.17) is 9.47 Å². The molecule has 3 amide bonds. The molecule has 0 radical (unpaired) electrons. The molecule has 0 spiro atoms. The Morgan fingerprint density at radius 3 is 2.08 bits per heavy atom. The van der Waals surface area contributed by atoms with Gasteiger partial charge in [0.15, 0.2) is 0 Å². The van der Waals surface area contributed by atoms with E-state index in [2.05, 4.69) is 36.4 Å². The van der Waals surface area contributed by atoms with E-state index in [1.54, 1.807) is 14.5 Å². The van der Waals surface area contributed by atoms with Crippen LogP contribution < -0.4 is 5.32 Å². The normalized spacial score (nSPS) is 16.2. The Morgan fingerprint density at radius 1 is 0.923 bits per heavy atom. The molecule has 222 valence electrons. The predicted molar refractivity (Wildman–Crippen MR) is 149 cm³/mol. The van der Waals surface area contributed by atoms with Gasteiger partial charge in [-0.3, -0.25) is 4.79 Å². The fourth-order valence-corrected chi connectivity index (χ4v) is 4.48. The lowest BCUT2D eigenvalue weighted by molar-refractivity contribution is -0.137. The Bertz CT molecular complexity index is 941. The molecule has 2 atom stereocenters. The molecule has 0 saturated carbocycles. The Balaban J connectivity index is 2.03. The summed E-state index contributed by atoms with van der Waals surface area (Å²) in [4.78, 5) is 41.5. The summed E-state index contributed by atoms with van der Waals surface area (Å²) in [5, 5.41) is 11.5. The lowest BCUT2D eigenvalue weighted by atomic mass is 9.96. The van der Waals surface area contributed by atoms with Gasteiger partial charge >= 0.3 is 12.2 Å². The van der Waals surface area contributed by atoms with Crippen molar-refractivity contribution in [3.8, 4) is 0 Å². The zero-order chi connectivity index (χ0) is 29.4. The maximum absolute atomic E-state index is 13.7. The molecular weight excluding hydrogens is 500 g/mol. The molecule has 1 N–H and O–H groups in total. The molecule has 11 heteroatoms. The summed E-state index contributed by atoms with van der Waals surface area (Å²) in [6.45, 7) is 19.6. The molecule has 1 saturated heterocycles. The molecule has 0 bridgehead atoms. The maximum Gasteiger partial charge on any atom is 0.410 e. The van der Waals surface area contributed by atoms with Gasteiger partial charge in [-0.2, -0.15) is 0 Å². The van der Waals surface area contributed by atoms with Crippen molar-refractivity contribution in [2.75, 3.05) is 32.7 Å². The van der Waals surface area contributed by atoms with Gasteiger partial charge in [0.25, 0.3) is 0 Å².